The van der Waals surface area contributed by atoms with Crippen LogP contribution in [-0.4, -0.2) is 36.8 Å². The van der Waals surface area contributed by atoms with Crippen molar-refractivity contribution in [3.63, 3.8) is 0 Å². The van der Waals surface area contributed by atoms with Crippen LogP contribution in [0.3, 0.4) is 0 Å². The number of hydrogen-bond acceptors (Lipinski definition) is 5. The number of aromatic hydroxyl groups is 1. The number of phenolic OH excluding ortho intramolecular Hbond substituents is 1. The summed E-state index contributed by atoms with van der Waals surface area (Å²) in [6.07, 6.45) is -3.22. The molecule has 0 saturated carbocycles. The zero-order chi connectivity index (χ0) is 26.0. The number of fused-ring (bicyclic) bond motifs is 2. The van der Waals surface area contributed by atoms with Gasteiger partial charge in [0.2, 0.25) is 5.95 Å². The molecule has 1 aliphatic carbocycles. The van der Waals surface area contributed by atoms with Crippen molar-refractivity contribution < 1.29 is 32.2 Å². The molecule has 11 heteroatoms. The SMILES string of the molecule is CC1(C)C[C@](O)(C(F)(F)F)[C@@H](Nc2cccc3c2cnn3-c2ccnc(F)c2)c2ccc(F)c(O)c21. The molecule has 0 aliphatic heterocycles. The highest BCUT2D eigenvalue weighted by Gasteiger charge is 2.64. The van der Waals surface area contributed by atoms with Crippen molar-refractivity contribution in [1.29, 1.82) is 0 Å². The molecule has 0 fully saturated rings. The van der Waals surface area contributed by atoms with Crippen LogP contribution in [0.4, 0.5) is 27.6 Å². The lowest BCUT2D eigenvalue weighted by Gasteiger charge is -2.49. The normalized spacial score (nSPS) is 21.4. The Bertz CT molecular complexity index is 1480. The zero-order valence-corrected chi connectivity index (χ0v) is 19.1. The topological polar surface area (TPSA) is 83.2 Å². The van der Waals surface area contributed by atoms with Gasteiger partial charge in [0.05, 0.1) is 23.4 Å². The van der Waals surface area contributed by atoms with E-state index in [0.29, 0.717) is 16.6 Å². The lowest BCUT2D eigenvalue weighted by atomic mass is 9.63. The van der Waals surface area contributed by atoms with Gasteiger partial charge in [0.1, 0.15) is 0 Å². The maximum atomic E-state index is 14.4. The van der Waals surface area contributed by atoms with E-state index in [1.807, 2.05) is 0 Å². The van der Waals surface area contributed by atoms with Gasteiger partial charge in [-0.05, 0) is 41.7 Å². The van der Waals surface area contributed by atoms with Crippen molar-refractivity contribution in [3.8, 4) is 11.4 Å². The minimum atomic E-state index is -5.06. The first-order chi connectivity index (χ1) is 16.8. The van der Waals surface area contributed by atoms with Gasteiger partial charge in [0.15, 0.2) is 17.2 Å². The molecule has 0 unspecified atom stereocenters. The number of aliphatic hydroxyl groups is 1. The summed E-state index contributed by atoms with van der Waals surface area (Å²) in [6, 6.07) is 7.66. The molecule has 0 spiro atoms. The third kappa shape index (κ3) is 3.57. The number of halogens is 5. The zero-order valence-electron chi connectivity index (χ0n) is 19.1. The second kappa shape index (κ2) is 7.89. The summed E-state index contributed by atoms with van der Waals surface area (Å²) >= 11 is 0. The highest BCUT2D eigenvalue weighted by Crippen LogP contribution is 2.56. The average molecular weight is 504 g/mol. The lowest BCUT2D eigenvalue weighted by Crippen LogP contribution is -2.58. The fraction of sp³-hybridized carbons (Fsp3) is 0.280. The van der Waals surface area contributed by atoms with Gasteiger partial charge in [-0.2, -0.15) is 22.7 Å². The van der Waals surface area contributed by atoms with E-state index < -0.39 is 47.2 Å². The number of pyridine rings is 1. The number of nitrogens with zero attached hydrogens (tertiary/aromatic N) is 3. The molecule has 5 rings (SSSR count). The fourth-order valence-corrected chi connectivity index (χ4v) is 5.18. The van der Waals surface area contributed by atoms with Crippen LogP contribution in [0, 0.1) is 11.8 Å². The van der Waals surface area contributed by atoms with Gasteiger partial charge in [-0.1, -0.05) is 26.0 Å². The average Bonchev–Trinajstić information content (AvgIpc) is 3.22. The van der Waals surface area contributed by atoms with Gasteiger partial charge in [-0.3, -0.25) is 0 Å². The fourth-order valence-electron chi connectivity index (χ4n) is 5.18. The molecule has 188 valence electrons. The minimum absolute atomic E-state index is 0.0101. The molecule has 3 N–H and O–H groups in total. The van der Waals surface area contributed by atoms with Gasteiger partial charge in [0, 0.05) is 28.9 Å². The van der Waals surface area contributed by atoms with E-state index in [2.05, 4.69) is 15.4 Å². The van der Waals surface area contributed by atoms with E-state index in [-0.39, 0.29) is 16.8 Å². The Hall–Kier alpha value is -3.73. The predicted molar refractivity (Wildman–Crippen MR) is 122 cm³/mol. The van der Waals surface area contributed by atoms with Crippen LogP contribution in [0.25, 0.3) is 16.6 Å². The third-order valence-corrected chi connectivity index (χ3v) is 6.70. The van der Waals surface area contributed by atoms with E-state index in [1.54, 1.807) is 12.1 Å². The Morgan fingerprint density at radius 2 is 1.86 bits per heavy atom. The molecule has 0 radical (unpaired) electrons. The molecule has 36 heavy (non-hydrogen) atoms. The Morgan fingerprint density at radius 3 is 2.56 bits per heavy atom. The number of aromatic nitrogens is 3. The first kappa shape index (κ1) is 24.0. The Morgan fingerprint density at radius 1 is 1.11 bits per heavy atom. The molecule has 2 aromatic carbocycles. The van der Waals surface area contributed by atoms with Gasteiger partial charge >= 0.3 is 6.18 Å². The number of alkyl halides is 3. The molecular formula is C25H21F5N4O2. The van der Waals surface area contributed by atoms with E-state index >= 15 is 0 Å². The van der Waals surface area contributed by atoms with Crippen LogP contribution >= 0.6 is 0 Å². The van der Waals surface area contributed by atoms with Crippen molar-refractivity contribution in [3.05, 3.63) is 77.8 Å². The van der Waals surface area contributed by atoms with E-state index in [9.17, 15) is 32.2 Å². The number of hydrogen-bond donors (Lipinski definition) is 3. The maximum absolute atomic E-state index is 14.4. The number of rotatable bonds is 3. The molecule has 0 saturated heterocycles. The number of anilines is 1. The summed E-state index contributed by atoms with van der Waals surface area (Å²) in [7, 11) is 0. The van der Waals surface area contributed by atoms with Crippen LogP contribution < -0.4 is 5.32 Å². The summed E-state index contributed by atoms with van der Waals surface area (Å²) < 4.78 is 72.5. The van der Waals surface area contributed by atoms with Crippen LogP contribution in [0.15, 0.2) is 54.9 Å². The molecule has 2 aromatic heterocycles. The molecular weight excluding hydrogens is 483 g/mol. The second-order valence-electron chi connectivity index (χ2n) is 9.55. The number of phenols is 1. The number of nitrogens with one attached hydrogen (secondary N) is 1. The molecule has 2 heterocycles. The Labute approximate surface area is 202 Å². The van der Waals surface area contributed by atoms with Crippen molar-refractivity contribution in [2.45, 2.75) is 43.5 Å². The number of benzene rings is 2. The van der Waals surface area contributed by atoms with E-state index in [0.717, 1.165) is 18.2 Å². The Balaban J connectivity index is 1.68. The van der Waals surface area contributed by atoms with Crippen LogP contribution in [0.5, 0.6) is 5.75 Å². The first-order valence-electron chi connectivity index (χ1n) is 11.0. The summed E-state index contributed by atoms with van der Waals surface area (Å²) in [5, 5.41) is 29.0. The summed E-state index contributed by atoms with van der Waals surface area (Å²) in [4.78, 5) is 3.51. The molecule has 0 bridgehead atoms. The molecule has 6 nitrogen and oxygen atoms in total. The standard InChI is InChI=1S/C25H21F5N4O2/c1-23(2)12-24(36,25(28,29)30)22(14-6-7-16(26)21(35)20(14)23)33-17-4-3-5-18-15(17)11-32-34(18)13-8-9-31-19(27)10-13/h3-11,22,33,35-36H,12H2,1-2H3/t22-,24+/m0/s1. The highest BCUT2D eigenvalue weighted by molar-refractivity contribution is 5.92. The van der Waals surface area contributed by atoms with E-state index in [1.165, 1.54) is 43.1 Å². The van der Waals surface area contributed by atoms with Crippen molar-refractivity contribution in [1.82, 2.24) is 14.8 Å². The maximum Gasteiger partial charge on any atom is 0.419 e. The monoisotopic (exact) mass is 504 g/mol. The molecule has 1 aliphatic rings. The van der Waals surface area contributed by atoms with E-state index in [4.69, 9.17) is 0 Å². The molecule has 2 atom stereocenters. The van der Waals surface area contributed by atoms with Crippen LogP contribution in [0.1, 0.15) is 37.4 Å². The van der Waals surface area contributed by atoms with Gasteiger partial charge in [0.25, 0.3) is 0 Å². The quantitative estimate of drug-likeness (QED) is 0.252. The van der Waals surface area contributed by atoms with Gasteiger partial charge < -0.3 is 15.5 Å². The minimum Gasteiger partial charge on any atom is -0.505 e. The summed E-state index contributed by atoms with van der Waals surface area (Å²) in [5.41, 5.74) is -3.72. The largest absolute Gasteiger partial charge is 0.505 e. The van der Waals surface area contributed by atoms with Crippen molar-refractivity contribution >= 4 is 16.6 Å². The second-order valence-corrected chi connectivity index (χ2v) is 9.55. The smallest absolute Gasteiger partial charge is 0.419 e. The summed E-state index contributed by atoms with van der Waals surface area (Å²) in [5.74, 6) is -2.45. The van der Waals surface area contributed by atoms with Crippen molar-refractivity contribution in [2.75, 3.05) is 5.32 Å². The van der Waals surface area contributed by atoms with Crippen molar-refractivity contribution in [2.24, 2.45) is 0 Å². The predicted octanol–water partition coefficient (Wildman–Crippen LogP) is 5.53. The lowest BCUT2D eigenvalue weighted by molar-refractivity contribution is -0.276. The molecule has 0 amide bonds. The van der Waals surface area contributed by atoms with Gasteiger partial charge in [-0.25, -0.2) is 14.1 Å². The van der Waals surface area contributed by atoms with Crippen LogP contribution in [0.2, 0.25) is 0 Å². The molecule has 4 aromatic rings. The van der Waals surface area contributed by atoms with Gasteiger partial charge in [-0.15, -0.1) is 0 Å². The summed E-state index contributed by atoms with van der Waals surface area (Å²) in [6.45, 7) is 2.83. The third-order valence-electron chi connectivity index (χ3n) is 6.70. The highest BCUT2D eigenvalue weighted by atomic mass is 19.4. The van der Waals surface area contributed by atoms with Crippen LogP contribution in [-0.2, 0) is 5.41 Å². The Kier molecular flexibility index (Phi) is 5.26. The first-order valence-corrected chi connectivity index (χ1v) is 11.0.